The Morgan fingerprint density at radius 2 is 2.03 bits per heavy atom. The molecule has 2 aromatic rings. The van der Waals surface area contributed by atoms with Crippen LogP contribution in [0.2, 0.25) is 0 Å². The van der Waals surface area contributed by atoms with Crippen LogP contribution in [0, 0.1) is 6.92 Å². The fourth-order valence-electron chi connectivity index (χ4n) is 4.43. The van der Waals surface area contributed by atoms with Crippen LogP contribution >= 0.6 is 0 Å². The fraction of sp³-hybridized carbons (Fsp3) is 0.455. The molecule has 1 saturated carbocycles. The maximum Gasteiger partial charge on any atom is 0.384 e. The summed E-state index contributed by atoms with van der Waals surface area (Å²) in [7, 11) is 1.67. The Kier molecular flexibility index (Phi) is 5.17. The second-order valence-corrected chi connectivity index (χ2v) is 7.90. The molecule has 0 unspecified atom stereocenters. The van der Waals surface area contributed by atoms with Gasteiger partial charge >= 0.3 is 5.97 Å². The topological polar surface area (TPSA) is 66.8 Å². The van der Waals surface area contributed by atoms with E-state index < -0.39 is 11.4 Å². The smallest absolute Gasteiger partial charge is 0.384 e. The van der Waals surface area contributed by atoms with E-state index in [-0.39, 0.29) is 11.1 Å². The summed E-state index contributed by atoms with van der Waals surface area (Å²) in [4.78, 5) is 27.5. The summed E-state index contributed by atoms with van der Waals surface area (Å²) >= 11 is 0. The second kappa shape index (κ2) is 7.63. The van der Waals surface area contributed by atoms with Crippen molar-refractivity contribution < 1.29 is 23.7 Å². The SMILES string of the molecule is COCCCOc1cc2c(cc1C)-c1cc(=O)c(C(=O)OF)cn1C1(CCC1)C2. The minimum atomic E-state index is -1.25. The lowest BCUT2D eigenvalue weighted by Gasteiger charge is -2.48. The van der Waals surface area contributed by atoms with Crippen LogP contribution < -0.4 is 10.2 Å². The van der Waals surface area contributed by atoms with Crippen LogP contribution in [0.3, 0.4) is 0 Å². The third-order valence-corrected chi connectivity index (χ3v) is 6.08. The Hall–Kier alpha value is -2.67. The van der Waals surface area contributed by atoms with Gasteiger partial charge in [-0.05, 0) is 55.9 Å². The molecule has 1 aromatic carbocycles. The Bertz CT molecular complexity index is 1010. The number of nitrogens with zero attached hydrogens (tertiary/aromatic N) is 1. The molecule has 0 atom stereocenters. The molecule has 0 saturated heterocycles. The van der Waals surface area contributed by atoms with Crippen molar-refractivity contribution in [3.8, 4) is 17.0 Å². The van der Waals surface area contributed by atoms with Gasteiger partial charge in [-0.15, -0.1) is 0 Å². The molecule has 0 N–H and O–H groups in total. The fourth-order valence-corrected chi connectivity index (χ4v) is 4.43. The van der Waals surface area contributed by atoms with Crippen LogP contribution in [0.1, 0.15) is 47.2 Å². The monoisotopic (exact) mass is 401 g/mol. The predicted molar refractivity (Wildman–Crippen MR) is 105 cm³/mol. The van der Waals surface area contributed by atoms with Gasteiger partial charge in [-0.3, -0.25) is 4.79 Å². The third-order valence-electron chi connectivity index (χ3n) is 6.08. The van der Waals surface area contributed by atoms with Gasteiger partial charge in [-0.2, -0.15) is 0 Å². The van der Waals surface area contributed by atoms with Gasteiger partial charge in [0.15, 0.2) is 5.43 Å². The molecule has 0 amide bonds. The maximum absolute atomic E-state index is 12.5. The summed E-state index contributed by atoms with van der Waals surface area (Å²) in [5.74, 6) is -0.413. The largest absolute Gasteiger partial charge is 0.493 e. The first-order valence-corrected chi connectivity index (χ1v) is 9.85. The highest BCUT2D eigenvalue weighted by Gasteiger charge is 2.43. The van der Waals surface area contributed by atoms with E-state index in [4.69, 9.17) is 9.47 Å². The van der Waals surface area contributed by atoms with Crippen molar-refractivity contribution in [2.75, 3.05) is 20.3 Å². The highest BCUT2D eigenvalue weighted by atomic mass is 19.3. The van der Waals surface area contributed by atoms with Gasteiger partial charge < -0.3 is 14.0 Å². The first kappa shape index (κ1) is 19.6. The van der Waals surface area contributed by atoms with E-state index in [0.717, 1.165) is 60.2 Å². The number of hydrogen-bond acceptors (Lipinski definition) is 5. The number of methoxy groups -OCH3 is 1. The first-order valence-electron chi connectivity index (χ1n) is 9.85. The van der Waals surface area contributed by atoms with E-state index in [9.17, 15) is 14.1 Å². The number of carbonyl (C=O) groups is 1. The number of benzene rings is 1. The average molecular weight is 401 g/mol. The minimum Gasteiger partial charge on any atom is -0.493 e. The molecule has 2 heterocycles. The maximum atomic E-state index is 12.5. The molecule has 4 rings (SSSR count). The van der Waals surface area contributed by atoms with E-state index in [1.165, 1.54) is 12.3 Å². The quantitative estimate of drug-likeness (QED) is 0.691. The van der Waals surface area contributed by atoms with Crippen LogP contribution in [-0.4, -0.2) is 30.9 Å². The van der Waals surface area contributed by atoms with Gasteiger partial charge in [0.25, 0.3) is 0 Å². The average Bonchev–Trinajstić information content (AvgIpc) is 2.69. The number of ether oxygens (including phenoxy) is 2. The molecule has 0 bridgehead atoms. The van der Waals surface area contributed by atoms with E-state index in [1.54, 1.807) is 7.11 Å². The highest BCUT2D eigenvalue weighted by Crippen LogP contribution is 2.49. The van der Waals surface area contributed by atoms with Gasteiger partial charge in [0.05, 0.1) is 12.3 Å². The van der Waals surface area contributed by atoms with Crippen LogP contribution in [0.25, 0.3) is 11.3 Å². The van der Waals surface area contributed by atoms with Gasteiger partial charge in [-0.1, -0.05) is 0 Å². The highest BCUT2D eigenvalue weighted by molar-refractivity contribution is 5.89. The Morgan fingerprint density at radius 1 is 1.24 bits per heavy atom. The molecular formula is C22H24FNO5. The van der Waals surface area contributed by atoms with E-state index in [0.29, 0.717) is 13.2 Å². The molecule has 154 valence electrons. The lowest BCUT2D eigenvalue weighted by molar-refractivity contribution is -0.0790. The van der Waals surface area contributed by atoms with Crippen molar-refractivity contribution in [2.24, 2.45) is 0 Å². The molecule has 1 fully saturated rings. The molecule has 1 aliphatic carbocycles. The summed E-state index contributed by atoms with van der Waals surface area (Å²) in [6.45, 7) is 3.19. The molecule has 29 heavy (non-hydrogen) atoms. The zero-order valence-electron chi connectivity index (χ0n) is 16.6. The number of hydrogen-bond donors (Lipinski definition) is 0. The molecule has 7 heteroatoms. The summed E-state index contributed by atoms with van der Waals surface area (Å²) in [6.07, 6.45) is 5.98. The Labute approximate surface area is 168 Å². The van der Waals surface area contributed by atoms with Crippen molar-refractivity contribution in [2.45, 2.75) is 44.6 Å². The summed E-state index contributed by atoms with van der Waals surface area (Å²) < 4.78 is 25.4. The van der Waals surface area contributed by atoms with Crippen molar-refractivity contribution in [3.63, 3.8) is 0 Å². The number of carbonyl (C=O) groups excluding carboxylic acids is 1. The minimum absolute atomic E-state index is 0.204. The standard InChI is InChI=1S/C22H24FNO5/c1-14-9-16-15(10-20(14)28-8-4-7-27-2)12-22(5-3-6-22)24-13-17(21(26)29-23)19(25)11-18(16)24/h9-11,13H,3-8,12H2,1-2H3. The van der Waals surface area contributed by atoms with Crippen molar-refractivity contribution >= 4 is 5.97 Å². The van der Waals surface area contributed by atoms with Crippen LogP contribution in [0.5, 0.6) is 5.75 Å². The van der Waals surface area contributed by atoms with Crippen molar-refractivity contribution in [1.82, 2.24) is 4.57 Å². The number of aryl methyl sites for hydroxylation is 1. The molecule has 2 aliphatic rings. The second-order valence-electron chi connectivity index (χ2n) is 7.90. The summed E-state index contributed by atoms with van der Waals surface area (Å²) in [6, 6.07) is 5.50. The van der Waals surface area contributed by atoms with Crippen LogP contribution in [0.15, 0.2) is 29.2 Å². The molecule has 1 spiro atoms. The number of rotatable bonds is 6. The lowest BCUT2D eigenvalue weighted by Crippen LogP contribution is -2.46. The number of fused-ring (bicyclic) bond motifs is 4. The van der Waals surface area contributed by atoms with Gasteiger partial charge in [0.1, 0.15) is 11.3 Å². The number of pyridine rings is 1. The van der Waals surface area contributed by atoms with E-state index in [1.807, 2.05) is 17.6 Å². The first-order chi connectivity index (χ1) is 14.0. The van der Waals surface area contributed by atoms with Gasteiger partial charge in [-0.25, -0.2) is 9.74 Å². The molecule has 1 aromatic heterocycles. The molecule has 6 nitrogen and oxygen atoms in total. The zero-order chi connectivity index (χ0) is 20.6. The summed E-state index contributed by atoms with van der Waals surface area (Å²) in [5, 5.41) is 0. The van der Waals surface area contributed by atoms with Crippen molar-refractivity contribution in [1.29, 1.82) is 0 Å². The number of aromatic nitrogens is 1. The van der Waals surface area contributed by atoms with Gasteiger partial charge in [0.2, 0.25) is 0 Å². The normalized spacial score (nSPS) is 16.0. The zero-order valence-corrected chi connectivity index (χ0v) is 16.6. The molecule has 0 radical (unpaired) electrons. The number of halogens is 1. The predicted octanol–water partition coefficient (Wildman–Crippen LogP) is 3.72. The third kappa shape index (κ3) is 3.33. The van der Waals surface area contributed by atoms with Crippen LogP contribution in [0.4, 0.5) is 4.53 Å². The lowest BCUT2D eigenvalue weighted by atomic mass is 9.69. The van der Waals surface area contributed by atoms with Gasteiger partial charge in [0, 0.05) is 48.0 Å². The molecule has 1 aliphatic heterocycles. The van der Waals surface area contributed by atoms with E-state index >= 15 is 0 Å². The molecular weight excluding hydrogens is 377 g/mol. The Morgan fingerprint density at radius 3 is 2.69 bits per heavy atom. The van der Waals surface area contributed by atoms with Crippen molar-refractivity contribution in [3.05, 3.63) is 51.3 Å². The van der Waals surface area contributed by atoms with Crippen LogP contribution in [-0.2, 0) is 21.6 Å². The van der Waals surface area contributed by atoms with E-state index in [2.05, 4.69) is 11.0 Å². The summed E-state index contributed by atoms with van der Waals surface area (Å²) in [5.41, 5.74) is 2.76. The Balaban J connectivity index is 1.78.